The molecule has 0 aromatic carbocycles. The van der Waals surface area contributed by atoms with Gasteiger partial charge in [0.15, 0.2) is 0 Å². The SMILES string of the molecule is CC(C)(C)N1P=[N+](C(C)(C)C)[As]1Cl. The van der Waals surface area contributed by atoms with Crippen LogP contribution in [0.15, 0.2) is 0 Å². The molecule has 1 aliphatic heterocycles. The maximum atomic E-state index is 6.44. The van der Waals surface area contributed by atoms with Crippen molar-refractivity contribution in [2.45, 2.75) is 52.6 Å². The van der Waals surface area contributed by atoms with E-state index >= 15 is 0 Å². The van der Waals surface area contributed by atoms with Crippen LogP contribution in [-0.4, -0.2) is 32.1 Å². The van der Waals surface area contributed by atoms with Crippen LogP contribution in [0.2, 0.25) is 0 Å². The van der Waals surface area contributed by atoms with Crippen LogP contribution in [0.5, 0.6) is 0 Å². The van der Waals surface area contributed by atoms with Crippen molar-refractivity contribution in [3.63, 3.8) is 0 Å². The van der Waals surface area contributed by atoms with Gasteiger partial charge >= 0.3 is 92.1 Å². The molecule has 0 spiro atoms. The van der Waals surface area contributed by atoms with Gasteiger partial charge in [0.25, 0.3) is 0 Å². The Bertz CT molecular complexity index is 242. The van der Waals surface area contributed by atoms with Gasteiger partial charge in [0.05, 0.1) is 0 Å². The topological polar surface area (TPSA) is 6.25 Å². The molecule has 0 saturated carbocycles. The first-order valence-electron chi connectivity index (χ1n) is 4.42. The average molecular weight is 284 g/mol. The molecule has 1 heterocycles. The van der Waals surface area contributed by atoms with Crippen LogP contribution in [0.3, 0.4) is 0 Å². The van der Waals surface area contributed by atoms with Gasteiger partial charge in [0.2, 0.25) is 0 Å². The molecule has 0 bridgehead atoms. The maximum absolute atomic E-state index is 6.44. The minimum absolute atomic E-state index is 0.227. The number of hydrogen-bond donors (Lipinski definition) is 0. The third kappa shape index (κ3) is 2.48. The molecule has 0 fully saturated rings. The number of nitrogens with zero attached hydrogens (tertiary/aromatic N) is 2. The van der Waals surface area contributed by atoms with Crippen molar-refractivity contribution < 1.29 is 3.24 Å². The fraction of sp³-hybridized carbons (Fsp3) is 1.00. The summed E-state index contributed by atoms with van der Waals surface area (Å²) in [5, 5.41) is 0. The fourth-order valence-corrected chi connectivity index (χ4v) is 9.20. The average Bonchev–Trinajstić information content (AvgIpc) is 1.77. The van der Waals surface area contributed by atoms with E-state index in [4.69, 9.17) is 9.95 Å². The summed E-state index contributed by atoms with van der Waals surface area (Å²) in [5.74, 6) is 0. The third-order valence-corrected chi connectivity index (χ3v) is 12.5. The van der Waals surface area contributed by atoms with Gasteiger partial charge < -0.3 is 0 Å². The predicted octanol–water partition coefficient (Wildman–Crippen LogP) is 3.18. The Labute approximate surface area is 92.1 Å². The van der Waals surface area contributed by atoms with Crippen molar-refractivity contribution >= 4 is 32.6 Å². The summed E-state index contributed by atoms with van der Waals surface area (Å²) in [6, 6.07) is 0. The molecule has 13 heavy (non-hydrogen) atoms. The van der Waals surface area contributed by atoms with E-state index in [1.54, 1.807) is 0 Å². The number of rotatable bonds is 0. The predicted molar refractivity (Wildman–Crippen MR) is 60.1 cm³/mol. The fourth-order valence-electron chi connectivity index (χ4n) is 0.958. The zero-order chi connectivity index (χ0) is 10.4. The van der Waals surface area contributed by atoms with E-state index in [1.165, 1.54) is 8.52 Å². The molecule has 0 N–H and O–H groups in total. The second-order valence-corrected chi connectivity index (χ2v) is 11.9. The molecule has 2 nitrogen and oxygen atoms in total. The second kappa shape index (κ2) is 3.49. The van der Waals surface area contributed by atoms with E-state index in [0.717, 1.165) is 0 Å². The second-order valence-electron chi connectivity index (χ2n) is 5.25. The van der Waals surface area contributed by atoms with Gasteiger partial charge in [-0.05, 0) is 0 Å². The van der Waals surface area contributed by atoms with Crippen molar-refractivity contribution in [3.8, 4) is 0 Å². The summed E-state index contributed by atoms with van der Waals surface area (Å²) >= 11 is -1.39. The van der Waals surface area contributed by atoms with E-state index in [1.807, 2.05) is 0 Å². The minimum atomic E-state index is -1.39. The Morgan fingerprint density at radius 3 is 1.85 bits per heavy atom. The van der Waals surface area contributed by atoms with Crippen molar-refractivity contribution in [2.24, 2.45) is 0 Å². The van der Waals surface area contributed by atoms with Crippen LogP contribution in [0.25, 0.3) is 0 Å². The van der Waals surface area contributed by atoms with Gasteiger partial charge in [-0.1, -0.05) is 0 Å². The monoisotopic (exact) mass is 283 g/mol. The third-order valence-electron chi connectivity index (χ3n) is 1.68. The molecule has 1 atom stereocenters. The Morgan fingerprint density at radius 1 is 1.15 bits per heavy atom. The van der Waals surface area contributed by atoms with Crippen LogP contribution in [-0.2, 0) is 0 Å². The normalized spacial score (nSPS) is 26.7. The van der Waals surface area contributed by atoms with Gasteiger partial charge in [0, 0.05) is 0 Å². The molecule has 5 heteroatoms. The zero-order valence-electron chi connectivity index (χ0n) is 9.17. The zero-order valence-corrected chi connectivity index (χ0v) is 12.7. The molecule has 1 rings (SSSR count). The van der Waals surface area contributed by atoms with Gasteiger partial charge in [-0.2, -0.15) is 0 Å². The number of hydrogen-bond acceptors (Lipinski definition) is 1. The quantitative estimate of drug-likeness (QED) is 0.489. The molecule has 0 saturated heterocycles. The van der Waals surface area contributed by atoms with Crippen LogP contribution in [0.4, 0.5) is 0 Å². The molecule has 1 unspecified atom stereocenters. The first kappa shape index (κ1) is 12.0. The van der Waals surface area contributed by atoms with Crippen molar-refractivity contribution in [3.05, 3.63) is 0 Å². The van der Waals surface area contributed by atoms with Gasteiger partial charge in [-0.15, -0.1) is 0 Å². The molecule has 76 valence electrons. The van der Waals surface area contributed by atoms with E-state index < -0.39 is 14.2 Å². The molecule has 0 aliphatic carbocycles. The standard InChI is InChI=1S/C8H18AsClN2P/c1-7(2,3)11-9(10)12(13-11)8(4,5)6/h1-6H3/q+1. The van der Waals surface area contributed by atoms with Gasteiger partial charge in [0.1, 0.15) is 0 Å². The van der Waals surface area contributed by atoms with Crippen LogP contribution >= 0.6 is 18.5 Å². The van der Waals surface area contributed by atoms with E-state index in [2.05, 4.69) is 48.4 Å². The Kier molecular flexibility index (Phi) is 3.21. The van der Waals surface area contributed by atoms with Gasteiger partial charge in [-0.25, -0.2) is 0 Å². The van der Waals surface area contributed by atoms with E-state index in [9.17, 15) is 0 Å². The van der Waals surface area contributed by atoms with Crippen molar-refractivity contribution in [1.29, 1.82) is 0 Å². The Hall–Kier alpha value is 0.908. The summed E-state index contributed by atoms with van der Waals surface area (Å²) < 4.78 is 4.82. The molecule has 1 aliphatic rings. The first-order valence-corrected chi connectivity index (χ1v) is 9.36. The summed E-state index contributed by atoms with van der Waals surface area (Å²) in [4.78, 5) is 0. The molecular formula is C8H18AsClN2P+. The Morgan fingerprint density at radius 2 is 1.62 bits per heavy atom. The number of halogens is 1. The molecule has 0 aromatic rings. The van der Waals surface area contributed by atoms with Crippen LogP contribution in [0.1, 0.15) is 41.5 Å². The summed E-state index contributed by atoms with van der Waals surface area (Å²) in [6.07, 6.45) is 0. The molecular weight excluding hydrogens is 265 g/mol. The van der Waals surface area contributed by atoms with E-state index in [-0.39, 0.29) is 11.1 Å². The van der Waals surface area contributed by atoms with Crippen molar-refractivity contribution in [2.75, 3.05) is 0 Å². The summed E-state index contributed by atoms with van der Waals surface area (Å²) in [5.41, 5.74) is 0.454. The Balaban J connectivity index is 2.80. The molecule has 0 radical (unpaired) electrons. The summed E-state index contributed by atoms with van der Waals surface area (Å²) in [6.45, 7) is 13.4. The van der Waals surface area contributed by atoms with Crippen LogP contribution in [0, 0.1) is 0 Å². The first-order chi connectivity index (χ1) is 5.64. The van der Waals surface area contributed by atoms with Crippen LogP contribution < -0.4 is 0 Å². The summed E-state index contributed by atoms with van der Waals surface area (Å²) in [7, 11) is 7.73. The molecule has 0 amide bonds. The van der Waals surface area contributed by atoms with E-state index in [0.29, 0.717) is 0 Å². The van der Waals surface area contributed by atoms with Gasteiger partial charge in [-0.3, -0.25) is 0 Å². The molecule has 0 aromatic heterocycles. The van der Waals surface area contributed by atoms with Crippen molar-refractivity contribution in [1.82, 2.24) is 3.59 Å².